The molecule has 3 heterocycles. The number of carbonyl (C=O) groups excluding carboxylic acids is 1. The SMILES string of the molecule is O=C(Cc1ccn(-c2ccccc2)n1)N1CCCC1c1nn[nH]n1. The standard InChI is InChI=1S/C16H17N7O/c24-15(22-9-4-7-14(22)16-17-20-21-18-16)11-12-8-10-23(19-12)13-5-2-1-3-6-13/h1-3,5-6,8,10,14H,4,7,9,11H2,(H,17,18,20,21). The minimum absolute atomic E-state index is 0.0422. The molecule has 1 saturated heterocycles. The van der Waals surface area contributed by atoms with Crippen molar-refractivity contribution in [3.05, 3.63) is 54.1 Å². The molecular formula is C16H17N7O. The number of H-pyrrole nitrogens is 1. The molecule has 8 nitrogen and oxygen atoms in total. The van der Waals surface area contributed by atoms with E-state index in [1.165, 1.54) is 0 Å². The number of para-hydroxylation sites is 1. The number of nitrogens with one attached hydrogen (secondary N) is 1. The molecule has 1 unspecified atom stereocenters. The van der Waals surface area contributed by atoms with Crippen LogP contribution in [0.1, 0.15) is 30.4 Å². The van der Waals surface area contributed by atoms with Crippen LogP contribution in [0.3, 0.4) is 0 Å². The summed E-state index contributed by atoms with van der Waals surface area (Å²) in [7, 11) is 0. The Hall–Kier alpha value is -3.03. The van der Waals surface area contributed by atoms with Gasteiger partial charge in [-0.25, -0.2) is 4.68 Å². The van der Waals surface area contributed by atoms with Gasteiger partial charge >= 0.3 is 0 Å². The Morgan fingerprint density at radius 1 is 1.25 bits per heavy atom. The van der Waals surface area contributed by atoms with Gasteiger partial charge in [-0.05, 0) is 31.0 Å². The number of rotatable bonds is 4. The van der Waals surface area contributed by atoms with Crippen molar-refractivity contribution in [3.63, 3.8) is 0 Å². The van der Waals surface area contributed by atoms with Gasteiger partial charge in [-0.15, -0.1) is 10.2 Å². The second-order valence-electron chi connectivity index (χ2n) is 5.78. The van der Waals surface area contributed by atoms with Crippen LogP contribution in [-0.2, 0) is 11.2 Å². The summed E-state index contributed by atoms with van der Waals surface area (Å²) in [6.07, 6.45) is 3.96. The number of aromatic amines is 1. The molecule has 24 heavy (non-hydrogen) atoms. The first-order chi connectivity index (χ1) is 11.8. The Morgan fingerprint density at radius 3 is 2.92 bits per heavy atom. The van der Waals surface area contributed by atoms with E-state index in [0.29, 0.717) is 5.82 Å². The molecule has 1 atom stereocenters. The number of amides is 1. The third-order valence-corrected chi connectivity index (χ3v) is 4.23. The summed E-state index contributed by atoms with van der Waals surface area (Å²) in [4.78, 5) is 14.5. The summed E-state index contributed by atoms with van der Waals surface area (Å²) in [6.45, 7) is 0.720. The van der Waals surface area contributed by atoms with E-state index in [1.807, 2.05) is 47.5 Å². The minimum atomic E-state index is -0.0903. The Labute approximate surface area is 138 Å². The van der Waals surface area contributed by atoms with E-state index in [1.54, 1.807) is 4.68 Å². The number of carbonyl (C=O) groups is 1. The molecule has 1 aliphatic heterocycles. The lowest BCUT2D eigenvalue weighted by molar-refractivity contribution is -0.131. The quantitative estimate of drug-likeness (QED) is 0.781. The second-order valence-corrected chi connectivity index (χ2v) is 5.78. The summed E-state index contributed by atoms with van der Waals surface area (Å²) in [5, 5.41) is 18.6. The van der Waals surface area contributed by atoms with Crippen LogP contribution in [0.2, 0.25) is 0 Å². The zero-order valence-corrected chi connectivity index (χ0v) is 13.0. The molecule has 8 heteroatoms. The lowest BCUT2D eigenvalue weighted by atomic mass is 10.2. The Bertz CT molecular complexity index is 812. The van der Waals surface area contributed by atoms with Crippen molar-refractivity contribution < 1.29 is 4.79 Å². The molecule has 3 aromatic rings. The molecule has 0 aliphatic carbocycles. The molecular weight excluding hydrogens is 306 g/mol. The average Bonchev–Trinajstić information content (AvgIpc) is 3.36. The molecule has 2 aromatic heterocycles. The van der Waals surface area contributed by atoms with Crippen molar-refractivity contribution in [2.75, 3.05) is 6.54 Å². The maximum Gasteiger partial charge on any atom is 0.229 e. The third kappa shape index (κ3) is 2.78. The van der Waals surface area contributed by atoms with E-state index in [-0.39, 0.29) is 18.4 Å². The van der Waals surface area contributed by atoms with Gasteiger partial charge in [0.15, 0.2) is 5.82 Å². The molecule has 4 rings (SSSR count). The lowest BCUT2D eigenvalue weighted by Gasteiger charge is -2.21. The topological polar surface area (TPSA) is 92.6 Å². The minimum Gasteiger partial charge on any atom is -0.332 e. The fourth-order valence-corrected chi connectivity index (χ4v) is 3.08. The van der Waals surface area contributed by atoms with Gasteiger partial charge in [0.2, 0.25) is 5.91 Å². The highest BCUT2D eigenvalue weighted by Gasteiger charge is 2.32. The maximum atomic E-state index is 12.7. The van der Waals surface area contributed by atoms with E-state index < -0.39 is 0 Å². The van der Waals surface area contributed by atoms with E-state index in [4.69, 9.17) is 0 Å². The number of nitrogens with zero attached hydrogens (tertiary/aromatic N) is 6. The van der Waals surface area contributed by atoms with Gasteiger partial charge in [0, 0.05) is 12.7 Å². The molecule has 122 valence electrons. The Kier molecular flexibility index (Phi) is 3.78. The van der Waals surface area contributed by atoms with Crippen LogP contribution < -0.4 is 0 Å². The number of tetrazole rings is 1. The van der Waals surface area contributed by atoms with Gasteiger partial charge in [0.1, 0.15) is 0 Å². The van der Waals surface area contributed by atoms with Crippen LogP contribution in [0.15, 0.2) is 42.6 Å². The smallest absolute Gasteiger partial charge is 0.229 e. The third-order valence-electron chi connectivity index (χ3n) is 4.23. The van der Waals surface area contributed by atoms with Crippen molar-refractivity contribution in [2.45, 2.75) is 25.3 Å². The summed E-state index contributed by atoms with van der Waals surface area (Å²) in [6, 6.07) is 11.6. The number of benzene rings is 1. The summed E-state index contributed by atoms with van der Waals surface area (Å²) in [5.41, 5.74) is 1.73. The first-order valence-corrected chi connectivity index (χ1v) is 7.94. The van der Waals surface area contributed by atoms with Crippen molar-refractivity contribution in [1.29, 1.82) is 0 Å². The van der Waals surface area contributed by atoms with E-state index >= 15 is 0 Å². The molecule has 0 bridgehead atoms. The van der Waals surface area contributed by atoms with Crippen molar-refractivity contribution in [3.8, 4) is 5.69 Å². The molecule has 1 N–H and O–H groups in total. The highest BCUT2D eigenvalue weighted by Crippen LogP contribution is 2.29. The highest BCUT2D eigenvalue weighted by molar-refractivity contribution is 5.79. The molecule has 1 fully saturated rings. The first-order valence-electron chi connectivity index (χ1n) is 7.94. The maximum absolute atomic E-state index is 12.7. The van der Waals surface area contributed by atoms with E-state index in [9.17, 15) is 4.79 Å². The zero-order valence-electron chi connectivity index (χ0n) is 13.0. The average molecular weight is 323 g/mol. The molecule has 1 aliphatic rings. The number of hydrogen-bond acceptors (Lipinski definition) is 5. The predicted octanol–water partition coefficient (Wildman–Crippen LogP) is 1.29. The van der Waals surface area contributed by atoms with Crippen LogP contribution in [0, 0.1) is 0 Å². The van der Waals surface area contributed by atoms with Gasteiger partial charge < -0.3 is 4.90 Å². The monoisotopic (exact) mass is 323 g/mol. The molecule has 0 radical (unpaired) electrons. The number of aromatic nitrogens is 6. The van der Waals surface area contributed by atoms with Gasteiger partial charge in [-0.2, -0.15) is 10.3 Å². The zero-order chi connectivity index (χ0) is 16.4. The number of hydrogen-bond donors (Lipinski definition) is 1. The van der Waals surface area contributed by atoms with Crippen LogP contribution in [0.5, 0.6) is 0 Å². The summed E-state index contributed by atoms with van der Waals surface area (Å²) in [5.74, 6) is 0.622. The van der Waals surface area contributed by atoms with Crippen LogP contribution >= 0.6 is 0 Å². The number of likely N-dealkylation sites (tertiary alicyclic amines) is 1. The summed E-state index contributed by atoms with van der Waals surface area (Å²) >= 11 is 0. The molecule has 1 aromatic carbocycles. The summed E-state index contributed by atoms with van der Waals surface area (Å²) < 4.78 is 1.78. The molecule has 0 saturated carbocycles. The predicted molar refractivity (Wildman–Crippen MR) is 85.1 cm³/mol. The van der Waals surface area contributed by atoms with Gasteiger partial charge in [-0.1, -0.05) is 23.4 Å². The highest BCUT2D eigenvalue weighted by atomic mass is 16.2. The fourth-order valence-electron chi connectivity index (χ4n) is 3.08. The Morgan fingerprint density at radius 2 is 2.12 bits per heavy atom. The fraction of sp³-hybridized carbons (Fsp3) is 0.312. The van der Waals surface area contributed by atoms with Crippen LogP contribution in [0.25, 0.3) is 5.69 Å². The first kappa shape index (κ1) is 14.6. The normalized spacial score (nSPS) is 17.3. The van der Waals surface area contributed by atoms with E-state index in [0.717, 1.165) is 30.8 Å². The van der Waals surface area contributed by atoms with Gasteiger partial charge in [-0.3, -0.25) is 4.79 Å². The molecule has 0 spiro atoms. The van der Waals surface area contributed by atoms with Crippen molar-refractivity contribution >= 4 is 5.91 Å². The largest absolute Gasteiger partial charge is 0.332 e. The van der Waals surface area contributed by atoms with Crippen LogP contribution in [-0.4, -0.2) is 47.8 Å². The molecule has 1 amide bonds. The van der Waals surface area contributed by atoms with Gasteiger partial charge in [0.05, 0.1) is 23.8 Å². The van der Waals surface area contributed by atoms with E-state index in [2.05, 4.69) is 25.7 Å². The van der Waals surface area contributed by atoms with Crippen molar-refractivity contribution in [1.82, 2.24) is 35.3 Å². The van der Waals surface area contributed by atoms with Gasteiger partial charge in [0.25, 0.3) is 0 Å². The lowest BCUT2D eigenvalue weighted by Crippen LogP contribution is -2.32. The Balaban J connectivity index is 1.47. The second kappa shape index (κ2) is 6.23. The van der Waals surface area contributed by atoms with Crippen LogP contribution in [0.4, 0.5) is 0 Å². The van der Waals surface area contributed by atoms with Crippen molar-refractivity contribution in [2.24, 2.45) is 0 Å².